The molecule has 0 radical (unpaired) electrons. The summed E-state index contributed by atoms with van der Waals surface area (Å²) in [6, 6.07) is 15.0. The third kappa shape index (κ3) is 5.28. The third-order valence-electron chi connectivity index (χ3n) is 3.46. The van der Waals surface area contributed by atoms with Gasteiger partial charge in [0.2, 0.25) is 0 Å². The van der Waals surface area contributed by atoms with E-state index in [4.69, 9.17) is 19.9 Å². The van der Waals surface area contributed by atoms with Crippen LogP contribution in [0.25, 0.3) is 0 Å². The van der Waals surface area contributed by atoms with Gasteiger partial charge in [-0.1, -0.05) is 30.3 Å². The second kappa shape index (κ2) is 9.57. The van der Waals surface area contributed by atoms with Gasteiger partial charge in [-0.3, -0.25) is 0 Å². The highest BCUT2D eigenvalue weighted by molar-refractivity contribution is 5.92. The first kappa shape index (κ1) is 17.8. The van der Waals surface area contributed by atoms with Gasteiger partial charge in [0.05, 0.1) is 13.7 Å². The maximum atomic E-state index is 11.9. The molecule has 0 bridgehead atoms. The monoisotopic (exact) mass is 329 g/mol. The van der Waals surface area contributed by atoms with E-state index in [-0.39, 0.29) is 0 Å². The van der Waals surface area contributed by atoms with Crippen LogP contribution in [0.4, 0.5) is 0 Å². The van der Waals surface area contributed by atoms with Crippen molar-refractivity contribution in [2.45, 2.75) is 19.4 Å². The van der Waals surface area contributed by atoms with Crippen molar-refractivity contribution in [1.82, 2.24) is 0 Å². The molecule has 5 heteroatoms. The maximum absolute atomic E-state index is 11.9. The quantitative estimate of drug-likeness (QED) is 0.565. The zero-order valence-electron chi connectivity index (χ0n) is 13.9. The number of methoxy groups -OCH3 is 1. The summed E-state index contributed by atoms with van der Waals surface area (Å²) in [5.41, 5.74) is 6.93. The molecule has 0 aliphatic carbocycles. The second-order valence-electron chi connectivity index (χ2n) is 5.27. The van der Waals surface area contributed by atoms with Gasteiger partial charge < -0.3 is 19.9 Å². The normalized spacial score (nSPS) is 10.2. The second-order valence-corrected chi connectivity index (χ2v) is 5.27. The summed E-state index contributed by atoms with van der Waals surface area (Å²) in [6.07, 6.45) is 1.70. The Bertz CT molecular complexity index is 643. The Morgan fingerprint density at radius 2 is 1.83 bits per heavy atom. The predicted molar refractivity (Wildman–Crippen MR) is 92.3 cm³/mol. The molecule has 2 rings (SSSR count). The van der Waals surface area contributed by atoms with Crippen molar-refractivity contribution >= 4 is 5.97 Å². The van der Waals surface area contributed by atoms with E-state index < -0.39 is 5.97 Å². The fraction of sp³-hybridized carbons (Fsp3) is 0.316. The highest BCUT2D eigenvalue weighted by Crippen LogP contribution is 2.26. The summed E-state index contributed by atoms with van der Waals surface area (Å²) in [6.45, 7) is 1.56. The van der Waals surface area contributed by atoms with E-state index in [1.54, 1.807) is 18.2 Å². The number of nitrogens with two attached hydrogens (primary N) is 1. The molecule has 2 aromatic rings. The van der Waals surface area contributed by atoms with Gasteiger partial charge >= 0.3 is 5.97 Å². The fourth-order valence-electron chi connectivity index (χ4n) is 2.16. The summed E-state index contributed by atoms with van der Waals surface area (Å²) in [5, 5.41) is 0. The van der Waals surface area contributed by atoms with Crippen molar-refractivity contribution in [3.63, 3.8) is 0 Å². The maximum Gasteiger partial charge on any atom is 0.341 e. The SMILES string of the molecule is COC(=O)c1ccc(OCc2ccccc2)cc1OCCCCN. The van der Waals surface area contributed by atoms with Gasteiger partial charge in [0.25, 0.3) is 0 Å². The van der Waals surface area contributed by atoms with Crippen LogP contribution in [0, 0.1) is 0 Å². The van der Waals surface area contributed by atoms with Crippen molar-refractivity contribution in [3.05, 3.63) is 59.7 Å². The van der Waals surface area contributed by atoms with E-state index in [0.29, 0.717) is 36.8 Å². The zero-order valence-corrected chi connectivity index (χ0v) is 13.9. The number of hydrogen-bond acceptors (Lipinski definition) is 5. The molecule has 2 N–H and O–H groups in total. The molecule has 0 aromatic heterocycles. The van der Waals surface area contributed by atoms with E-state index in [0.717, 1.165) is 18.4 Å². The summed E-state index contributed by atoms with van der Waals surface area (Å²) < 4.78 is 16.3. The minimum atomic E-state index is -0.432. The molecule has 0 unspecified atom stereocenters. The fourth-order valence-corrected chi connectivity index (χ4v) is 2.16. The number of benzene rings is 2. The highest BCUT2D eigenvalue weighted by atomic mass is 16.5. The number of carbonyl (C=O) groups is 1. The molecule has 0 aliphatic heterocycles. The lowest BCUT2D eigenvalue weighted by Crippen LogP contribution is -2.08. The number of ether oxygens (including phenoxy) is 3. The molecule has 0 saturated carbocycles. The first-order valence-electron chi connectivity index (χ1n) is 7.96. The van der Waals surface area contributed by atoms with Crippen LogP contribution < -0.4 is 15.2 Å². The van der Waals surface area contributed by atoms with Gasteiger partial charge in [-0.15, -0.1) is 0 Å². The van der Waals surface area contributed by atoms with Gasteiger partial charge in [0, 0.05) is 6.07 Å². The molecule has 0 fully saturated rings. The Kier molecular flexibility index (Phi) is 7.11. The average molecular weight is 329 g/mol. The minimum absolute atomic E-state index is 0.386. The standard InChI is InChI=1S/C19H23NO4/c1-22-19(21)17-10-9-16(13-18(17)23-12-6-5-11-20)24-14-15-7-3-2-4-8-15/h2-4,7-10,13H,5-6,11-12,14,20H2,1H3. The Morgan fingerprint density at radius 3 is 2.54 bits per heavy atom. The number of carbonyl (C=O) groups excluding carboxylic acids is 1. The van der Waals surface area contributed by atoms with Crippen LogP contribution in [0.1, 0.15) is 28.8 Å². The topological polar surface area (TPSA) is 70.8 Å². The first-order valence-corrected chi connectivity index (χ1v) is 7.96. The Balaban J connectivity index is 2.07. The zero-order chi connectivity index (χ0) is 17.2. The average Bonchev–Trinajstić information content (AvgIpc) is 2.64. The molecule has 0 aliphatic rings. The van der Waals surface area contributed by atoms with Crippen LogP contribution in [-0.4, -0.2) is 26.2 Å². The molecule has 0 spiro atoms. The highest BCUT2D eigenvalue weighted by Gasteiger charge is 2.14. The summed E-state index contributed by atoms with van der Waals surface area (Å²) in [4.78, 5) is 11.9. The molecule has 128 valence electrons. The Morgan fingerprint density at radius 1 is 1.04 bits per heavy atom. The summed E-state index contributed by atoms with van der Waals surface area (Å²) >= 11 is 0. The van der Waals surface area contributed by atoms with Crippen molar-refractivity contribution in [1.29, 1.82) is 0 Å². The van der Waals surface area contributed by atoms with Gasteiger partial charge in [0.1, 0.15) is 23.7 Å². The third-order valence-corrected chi connectivity index (χ3v) is 3.46. The number of rotatable bonds is 9. The van der Waals surface area contributed by atoms with Crippen molar-refractivity contribution in [3.8, 4) is 11.5 Å². The van der Waals surface area contributed by atoms with E-state index >= 15 is 0 Å². The van der Waals surface area contributed by atoms with Crippen LogP contribution in [0.2, 0.25) is 0 Å². The Hall–Kier alpha value is -2.53. The van der Waals surface area contributed by atoms with Crippen LogP contribution in [-0.2, 0) is 11.3 Å². The van der Waals surface area contributed by atoms with Crippen LogP contribution in [0.15, 0.2) is 48.5 Å². The molecule has 24 heavy (non-hydrogen) atoms. The van der Waals surface area contributed by atoms with Gasteiger partial charge in [-0.25, -0.2) is 4.79 Å². The molecule has 0 saturated heterocycles. The molecule has 0 amide bonds. The molecular weight excluding hydrogens is 306 g/mol. The lowest BCUT2D eigenvalue weighted by atomic mass is 10.2. The molecule has 0 heterocycles. The van der Waals surface area contributed by atoms with Crippen molar-refractivity contribution < 1.29 is 19.0 Å². The van der Waals surface area contributed by atoms with Crippen molar-refractivity contribution in [2.24, 2.45) is 5.73 Å². The molecular formula is C19H23NO4. The van der Waals surface area contributed by atoms with Crippen molar-refractivity contribution in [2.75, 3.05) is 20.3 Å². The lowest BCUT2D eigenvalue weighted by molar-refractivity contribution is 0.0596. The number of esters is 1. The largest absolute Gasteiger partial charge is 0.493 e. The number of unbranched alkanes of at least 4 members (excludes halogenated alkanes) is 1. The first-order chi connectivity index (χ1) is 11.7. The smallest absolute Gasteiger partial charge is 0.341 e. The van der Waals surface area contributed by atoms with Gasteiger partial charge in [-0.2, -0.15) is 0 Å². The predicted octanol–water partition coefficient (Wildman–Crippen LogP) is 3.17. The summed E-state index contributed by atoms with van der Waals surface area (Å²) in [5.74, 6) is 0.670. The van der Waals surface area contributed by atoms with E-state index in [9.17, 15) is 4.79 Å². The molecule has 2 aromatic carbocycles. The number of hydrogen-bond donors (Lipinski definition) is 1. The van der Waals surface area contributed by atoms with E-state index in [1.807, 2.05) is 30.3 Å². The van der Waals surface area contributed by atoms with Gasteiger partial charge in [-0.05, 0) is 37.1 Å². The molecule has 0 atom stereocenters. The van der Waals surface area contributed by atoms with Crippen LogP contribution in [0.5, 0.6) is 11.5 Å². The van der Waals surface area contributed by atoms with Gasteiger partial charge in [0.15, 0.2) is 0 Å². The van der Waals surface area contributed by atoms with E-state index in [1.165, 1.54) is 7.11 Å². The lowest BCUT2D eigenvalue weighted by Gasteiger charge is -2.13. The molecule has 5 nitrogen and oxygen atoms in total. The Labute approximate surface area is 142 Å². The van der Waals surface area contributed by atoms with E-state index in [2.05, 4.69) is 0 Å². The van der Waals surface area contributed by atoms with Crippen LogP contribution in [0.3, 0.4) is 0 Å². The summed E-state index contributed by atoms with van der Waals surface area (Å²) in [7, 11) is 1.35. The minimum Gasteiger partial charge on any atom is -0.493 e. The van der Waals surface area contributed by atoms with Crippen LogP contribution >= 0.6 is 0 Å².